The molecule has 2 aromatic heterocycles. The Balaban J connectivity index is 1.00. The lowest BCUT2D eigenvalue weighted by molar-refractivity contribution is 0.515. The molecule has 72 heavy (non-hydrogen) atoms. The van der Waals surface area contributed by atoms with Gasteiger partial charge in [0.05, 0.1) is 22.1 Å². The summed E-state index contributed by atoms with van der Waals surface area (Å²) in [5, 5.41) is 4.85. The van der Waals surface area contributed by atoms with E-state index in [2.05, 4.69) is 276 Å². The third kappa shape index (κ3) is 6.62. The zero-order chi connectivity index (χ0) is 47.8. The van der Waals surface area contributed by atoms with Crippen LogP contribution in [0.15, 0.2) is 265 Å². The average molecular weight is 922 g/mol. The molecule has 10 aromatic carbocycles. The lowest BCUT2D eigenvalue weighted by Crippen LogP contribution is -2.46. The molecule has 2 aliphatic rings. The van der Waals surface area contributed by atoms with E-state index in [1.54, 1.807) is 0 Å². The Morgan fingerprint density at radius 3 is 1.36 bits per heavy atom. The molecule has 340 valence electrons. The van der Waals surface area contributed by atoms with Gasteiger partial charge >= 0.3 is 0 Å². The van der Waals surface area contributed by atoms with Gasteiger partial charge in [-0.25, -0.2) is 0 Å². The summed E-state index contributed by atoms with van der Waals surface area (Å²) < 4.78 is 4.76. The second-order valence-electron chi connectivity index (χ2n) is 19.1. The largest absolute Gasteiger partial charge is 0.309 e. The second kappa shape index (κ2) is 16.7. The molecule has 2 unspecified atom stereocenters. The molecule has 0 bridgehead atoms. The molecule has 0 saturated carbocycles. The van der Waals surface area contributed by atoms with Crippen molar-refractivity contribution in [3.63, 3.8) is 0 Å². The first kappa shape index (κ1) is 41.6. The quantitative estimate of drug-likeness (QED) is 0.150. The lowest BCUT2D eigenvalue weighted by atomic mass is 9.80. The van der Waals surface area contributed by atoms with Crippen LogP contribution in [-0.2, 0) is 0 Å². The van der Waals surface area contributed by atoms with E-state index in [1.807, 2.05) is 6.21 Å². The zero-order valence-electron chi connectivity index (χ0n) is 39.6. The molecular formula is C67H47N5. The van der Waals surface area contributed by atoms with Gasteiger partial charge in [-0.1, -0.05) is 158 Å². The molecule has 2 atom stereocenters. The number of hydrogen-bond donors (Lipinski definition) is 0. The van der Waals surface area contributed by atoms with Crippen LogP contribution in [0.4, 0.5) is 5.69 Å². The van der Waals surface area contributed by atoms with Gasteiger partial charge < -0.3 is 14.0 Å². The van der Waals surface area contributed by atoms with Crippen LogP contribution in [0, 0.1) is 0 Å². The van der Waals surface area contributed by atoms with E-state index in [-0.39, 0.29) is 6.17 Å². The first-order valence-electron chi connectivity index (χ1n) is 24.8. The molecule has 14 rings (SSSR count). The van der Waals surface area contributed by atoms with E-state index in [0.717, 1.165) is 61.9 Å². The van der Waals surface area contributed by atoms with Crippen molar-refractivity contribution in [3.05, 3.63) is 266 Å². The van der Waals surface area contributed by atoms with Crippen molar-refractivity contribution >= 4 is 66.9 Å². The van der Waals surface area contributed by atoms with Crippen molar-refractivity contribution in [2.75, 3.05) is 4.90 Å². The number of rotatable bonds is 8. The first-order valence-corrected chi connectivity index (χ1v) is 24.8. The molecule has 0 fully saturated rings. The highest BCUT2D eigenvalue weighted by atomic mass is 15.4. The number of nitrogens with zero attached hydrogens (tertiary/aromatic N) is 5. The third-order valence-electron chi connectivity index (χ3n) is 14.9. The van der Waals surface area contributed by atoms with E-state index >= 15 is 0 Å². The summed E-state index contributed by atoms with van der Waals surface area (Å²) >= 11 is 0. The van der Waals surface area contributed by atoms with Crippen molar-refractivity contribution in [1.82, 2.24) is 9.13 Å². The first-order chi connectivity index (χ1) is 35.6. The summed E-state index contributed by atoms with van der Waals surface area (Å²) in [4.78, 5) is 13.6. The molecule has 5 nitrogen and oxygen atoms in total. The number of hydrogen-bond acceptors (Lipinski definition) is 3. The number of dihydropyridines is 1. The molecule has 0 aliphatic carbocycles. The van der Waals surface area contributed by atoms with Crippen LogP contribution in [0.25, 0.3) is 93.9 Å². The van der Waals surface area contributed by atoms with Gasteiger partial charge in [0.25, 0.3) is 0 Å². The maximum absolute atomic E-state index is 5.94. The average Bonchev–Trinajstić information content (AvgIpc) is 4.08. The van der Waals surface area contributed by atoms with Crippen LogP contribution < -0.4 is 4.90 Å². The number of aliphatic imine (C=N–C) groups is 2. The fourth-order valence-corrected chi connectivity index (χ4v) is 11.6. The second-order valence-corrected chi connectivity index (χ2v) is 19.1. The predicted molar refractivity (Wildman–Crippen MR) is 302 cm³/mol. The van der Waals surface area contributed by atoms with Crippen molar-refractivity contribution in [2.45, 2.75) is 18.6 Å². The molecule has 0 saturated heterocycles. The van der Waals surface area contributed by atoms with Crippen LogP contribution in [0.2, 0.25) is 0 Å². The summed E-state index contributed by atoms with van der Waals surface area (Å²) in [7, 11) is 0. The van der Waals surface area contributed by atoms with Gasteiger partial charge in [-0.2, -0.15) is 0 Å². The van der Waals surface area contributed by atoms with Crippen molar-refractivity contribution in [3.8, 4) is 44.8 Å². The zero-order valence-corrected chi connectivity index (χ0v) is 39.6. The van der Waals surface area contributed by atoms with Crippen LogP contribution in [0.5, 0.6) is 0 Å². The van der Waals surface area contributed by atoms with Crippen LogP contribution in [-0.4, -0.2) is 32.9 Å². The van der Waals surface area contributed by atoms with Gasteiger partial charge in [-0.05, 0) is 149 Å². The predicted octanol–water partition coefficient (Wildman–Crippen LogP) is 16.4. The Hall–Kier alpha value is -9.32. The monoisotopic (exact) mass is 921 g/mol. The van der Waals surface area contributed by atoms with E-state index < -0.39 is 5.54 Å². The highest BCUT2D eigenvalue weighted by Crippen LogP contribution is 2.48. The minimum absolute atomic E-state index is 0.341. The van der Waals surface area contributed by atoms with Gasteiger partial charge in [0.15, 0.2) is 6.17 Å². The van der Waals surface area contributed by atoms with Gasteiger partial charge in [-0.3, -0.25) is 9.98 Å². The number of aromatic nitrogens is 2. The van der Waals surface area contributed by atoms with Gasteiger partial charge in [-0.15, -0.1) is 0 Å². The Labute approximate surface area is 418 Å². The molecule has 2 aliphatic heterocycles. The Morgan fingerprint density at radius 2 is 0.806 bits per heavy atom. The molecule has 0 spiro atoms. The molecule has 4 heterocycles. The smallest absolute Gasteiger partial charge is 0.156 e. The fourth-order valence-electron chi connectivity index (χ4n) is 11.6. The van der Waals surface area contributed by atoms with Crippen molar-refractivity contribution in [1.29, 1.82) is 0 Å². The summed E-state index contributed by atoms with van der Waals surface area (Å²) in [6.45, 7) is 2.27. The number of fused-ring (bicyclic) bond motifs is 7. The fraction of sp³-hybridized carbons (Fsp3) is 0.0448. The standard InChI is InChI=1S/C67H47N5/c1-67-60(55-29-15-14-28-54(55)45-20-6-2-7-21-45)38-39-68-66(67)72(53-26-12-5-13-27-53)65(69-67)50-41-48(46-34-36-63-58(43-46)56-30-16-18-32-61(56)70(63)51-22-8-3-9-23-51)40-49(42-50)47-35-37-64-59(44-47)57-31-17-19-33-62(57)71(64)52-24-10-4-11-25-52/h2-44,66H,1H3. The summed E-state index contributed by atoms with van der Waals surface area (Å²) in [6.07, 6.45) is 3.83. The Bertz CT molecular complexity index is 3990. The van der Waals surface area contributed by atoms with Crippen LogP contribution >= 0.6 is 0 Å². The molecular weight excluding hydrogens is 875 g/mol. The normalized spacial score (nSPS) is 16.4. The lowest BCUT2D eigenvalue weighted by Gasteiger charge is -2.37. The van der Waals surface area contributed by atoms with E-state index in [1.165, 1.54) is 54.7 Å². The topological polar surface area (TPSA) is 37.8 Å². The van der Waals surface area contributed by atoms with Gasteiger partial charge in [0.2, 0.25) is 0 Å². The highest BCUT2D eigenvalue weighted by Gasteiger charge is 2.50. The highest BCUT2D eigenvalue weighted by molar-refractivity contribution is 6.17. The molecule has 5 heteroatoms. The van der Waals surface area contributed by atoms with Gasteiger partial charge in [0.1, 0.15) is 11.4 Å². The Kier molecular flexibility index (Phi) is 9.65. The Morgan fingerprint density at radius 1 is 0.361 bits per heavy atom. The number of anilines is 1. The van der Waals surface area contributed by atoms with Crippen molar-refractivity contribution < 1.29 is 0 Å². The summed E-state index contributed by atoms with van der Waals surface area (Å²) in [5.74, 6) is 0.877. The summed E-state index contributed by atoms with van der Waals surface area (Å²) in [5.41, 5.74) is 17.4. The van der Waals surface area contributed by atoms with Gasteiger partial charge in [0, 0.05) is 50.4 Å². The minimum atomic E-state index is -0.739. The number of allylic oxidation sites excluding steroid dienone is 1. The SMILES string of the molecule is CC12N=C(c3cc(-c4ccc5c(c4)c4ccccc4n5-c4ccccc4)cc(-c4ccc5c(c4)c4ccccc4n5-c4ccccc4)c3)N(c3ccccc3)C1N=CC=C2c1ccccc1-c1ccccc1. The van der Waals surface area contributed by atoms with Crippen LogP contribution in [0.3, 0.4) is 0 Å². The third-order valence-corrected chi connectivity index (χ3v) is 14.9. The molecule has 0 radical (unpaired) electrons. The minimum Gasteiger partial charge on any atom is -0.309 e. The maximum Gasteiger partial charge on any atom is 0.156 e. The number of amidine groups is 1. The molecule has 12 aromatic rings. The number of para-hydroxylation sites is 5. The molecule has 0 amide bonds. The van der Waals surface area contributed by atoms with E-state index in [9.17, 15) is 0 Å². The van der Waals surface area contributed by atoms with E-state index in [0.29, 0.717) is 0 Å². The van der Waals surface area contributed by atoms with E-state index in [4.69, 9.17) is 9.98 Å². The maximum atomic E-state index is 5.94. The van der Waals surface area contributed by atoms with Crippen LogP contribution in [0.1, 0.15) is 18.1 Å². The summed E-state index contributed by atoms with van der Waals surface area (Å²) in [6, 6.07) is 90.0. The molecule has 0 N–H and O–H groups in total. The van der Waals surface area contributed by atoms with Crippen molar-refractivity contribution in [2.24, 2.45) is 9.98 Å². The number of benzene rings is 10.